The predicted octanol–water partition coefficient (Wildman–Crippen LogP) is -1.87. The highest BCUT2D eigenvalue weighted by Crippen LogP contribution is 2.40. The fraction of sp³-hybridized carbons (Fsp3) is 0.357. The molecule has 1 aromatic heterocycles. The summed E-state index contributed by atoms with van der Waals surface area (Å²) in [5, 5.41) is 26.3. The Labute approximate surface area is 165 Å². The summed E-state index contributed by atoms with van der Waals surface area (Å²) < 4.78 is 9.34. The van der Waals surface area contributed by atoms with Crippen molar-refractivity contribution in [3.63, 3.8) is 0 Å². The Balaban J connectivity index is 1.76. The molecule has 0 bridgehead atoms. The summed E-state index contributed by atoms with van der Waals surface area (Å²) in [6, 6.07) is -1.45. The molecule has 1 saturated heterocycles. The number of carbonyl (C=O) groups excluding carboxylic acids is 3. The second-order valence-electron chi connectivity index (χ2n) is 5.80. The lowest BCUT2D eigenvalue weighted by Crippen LogP contribution is -2.71. The van der Waals surface area contributed by atoms with E-state index < -0.39 is 46.7 Å². The molecule has 14 nitrogen and oxygen atoms in total. The minimum atomic E-state index is -1.37. The molecule has 0 spiro atoms. The number of fused-ring (bicyclic) bond motifs is 1. The van der Waals surface area contributed by atoms with Gasteiger partial charge in [0, 0.05) is 18.2 Å². The van der Waals surface area contributed by atoms with Crippen molar-refractivity contribution in [2.24, 2.45) is 5.16 Å². The first-order chi connectivity index (χ1) is 13.7. The van der Waals surface area contributed by atoms with Crippen molar-refractivity contribution >= 4 is 47.2 Å². The number of nitrogen functional groups attached to an aromatic ring is 1. The Kier molecular flexibility index (Phi) is 5.40. The Hall–Kier alpha value is -3.62. The molecule has 0 aliphatic carbocycles. The van der Waals surface area contributed by atoms with Gasteiger partial charge in [-0.1, -0.05) is 10.3 Å². The van der Waals surface area contributed by atoms with Gasteiger partial charge in [-0.25, -0.2) is 4.79 Å². The van der Waals surface area contributed by atoms with Gasteiger partial charge in [0.2, 0.25) is 11.5 Å². The van der Waals surface area contributed by atoms with Crippen LogP contribution >= 0.6 is 11.8 Å². The lowest BCUT2D eigenvalue weighted by molar-refractivity contribution is -0.150. The van der Waals surface area contributed by atoms with Gasteiger partial charge in [0.15, 0.2) is 0 Å². The van der Waals surface area contributed by atoms with Crippen LogP contribution in [0.25, 0.3) is 0 Å². The summed E-state index contributed by atoms with van der Waals surface area (Å²) in [5.74, 6) is -3.87. The second-order valence-corrected chi connectivity index (χ2v) is 6.91. The van der Waals surface area contributed by atoms with E-state index in [9.17, 15) is 24.3 Å². The zero-order valence-corrected chi connectivity index (χ0v) is 15.5. The normalized spacial score (nSPS) is 21.3. The summed E-state index contributed by atoms with van der Waals surface area (Å²) in [7, 11) is 0. The predicted molar refractivity (Wildman–Crippen MR) is 93.4 cm³/mol. The number of esters is 1. The average Bonchev–Trinajstić information content (AvgIpc) is 3.09. The second kappa shape index (κ2) is 7.78. The molecule has 0 radical (unpaired) electrons. The van der Waals surface area contributed by atoms with Crippen LogP contribution in [0, 0.1) is 0 Å². The van der Waals surface area contributed by atoms with E-state index in [-0.39, 0.29) is 29.6 Å². The van der Waals surface area contributed by atoms with Gasteiger partial charge < -0.3 is 30.6 Å². The number of rotatable bonds is 6. The maximum absolute atomic E-state index is 12.5. The molecule has 2 amide bonds. The van der Waals surface area contributed by atoms with Gasteiger partial charge in [0.25, 0.3) is 11.8 Å². The number of nitrogens with two attached hydrogens (primary N) is 1. The standard InChI is InChI=1S/C14H14N6O8S/c1-4(21)27-2-5-3-29-12-7(11(23)20(12)8(5)13(24)25)16-10(22)6(18-26)9-17-14(15)28-19-9/h7,12,26H,2-3H2,1H3,(H,16,22)(H,24,25)(H2,15,17,19)/b18-6+. The molecule has 5 N–H and O–H groups in total. The largest absolute Gasteiger partial charge is 0.477 e. The molecule has 1 fully saturated rings. The van der Waals surface area contributed by atoms with Crippen LogP contribution in [0.3, 0.4) is 0 Å². The Morgan fingerprint density at radius 2 is 2.21 bits per heavy atom. The molecule has 3 heterocycles. The van der Waals surface area contributed by atoms with Crippen molar-refractivity contribution < 1.29 is 38.8 Å². The number of β-lactam (4-membered cyclic amide) rings is 1. The molecule has 2 aliphatic heterocycles. The third-order valence-corrected chi connectivity index (χ3v) is 5.29. The maximum atomic E-state index is 12.5. The summed E-state index contributed by atoms with van der Waals surface area (Å²) in [6.45, 7) is 0.913. The molecule has 2 aliphatic rings. The lowest BCUT2D eigenvalue weighted by Gasteiger charge is -2.49. The Bertz CT molecular complexity index is 956. The number of anilines is 1. The molecule has 15 heteroatoms. The first-order valence-electron chi connectivity index (χ1n) is 7.90. The number of nitrogens with zero attached hydrogens (tertiary/aromatic N) is 4. The number of aromatic nitrogens is 2. The van der Waals surface area contributed by atoms with Gasteiger partial charge in [0.1, 0.15) is 23.7 Å². The number of thioether (sulfide) groups is 1. The number of nitrogens with one attached hydrogen (secondary N) is 1. The van der Waals surface area contributed by atoms with Crippen LogP contribution in [0.2, 0.25) is 0 Å². The molecule has 2 unspecified atom stereocenters. The highest BCUT2D eigenvalue weighted by molar-refractivity contribution is 8.00. The summed E-state index contributed by atoms with van der Waals surface area (Å²) in [4.78, 5) is 52.0. The molecule has 2 atom stereocenters. The minimum Gasteiger partial charge on any atom is -0.477 e. The summed E-state index contributed by atoms with van der Waals surface area (Å²) >= 11 is 1.17. The van der Waals surface area contributed by atoms with E-state index in [1.165, 1.54) is 18.7 Å². The Morgan fingerprint density at radius 1 is 1.48 bits per heavy atom. The fourth-order valence-corrected chi connectivity index (χ4v) is 4.04. The molecule has 154 valence electrons. The molecule has 29 heavy (non-hydrogen) atoms. The molecule has 1 aromatic rings. The van der Waals surface area contributed by atoms with E-state index in [0.717, 1.165) is 4.90 Å². The first-order valence-corrected chi connectivity index (χ1v) is 8.95. The third-order valence-electron chi connectivity index (χ3n) is 3.95. The zero-order valence-electron chi connectivity index (χ0n) is 14.7. The average molecular weight is 426 g/mol. The van der Waals surface area contributed by atoms with E-state index in [1.807, 2.05) is 0 Å². The van der Waals surface area contributed by atoms with Gasteiger partial charge in [-0.15, -0.1) is 11.8 Å². The van der Waals surface area contributed by atoms with Crippen LogP contribution in [-0.4, -0.2) is 78.6 Å². The Morgan fingerprint density at radius 3 is 2.76 bits per heavy atom. The van der Waals surface area contributed by atoms with Crippen LogP contribution in [0.15, 0.2) is 20.9 Å². The van der Waals surface area contributed by atoms with E-state index in [1.54, 1.807) is 0 Å². The van der Waals surface area contributed by atoms with E-state index in [4.69, 9.17) is 15.7 Å². The van der Waals surface area contributed by atoms with Crippen molar-refractivity contribution in [2.75, 3.05) is 18.1 Å². The first kappa shape index (κ1) is 20.1. The smallest absolute Gasteiger partial charge is 0.352 e. The summed E-state index contributed by atoms with van der Waals surface area (Å²) in [5.41, 5.74) is 4.58. The number of carbonyl (C=O) groups is 4. The van der Waals surface area contributed by atoms with Crippen LogP contribution in [-0.2, 0) is 23.9 Å². The van der Waals surface area contributed by atoms with Gasteiger partial charge in [-0.05, 0) is 0 Å². The molecular weight excluding hydrogens is 412 g/mol. The zero-order chi connectivity index (χ0) is 21.3. The van der Waals surface area contributed by atoms with Crippen molar-refractivity contribution in [3.05, 3.63) is 17.1 Å². The quantitative estimate of drug-likeness (QED) is 0.130. The van der Waals surface area contributed by atoms with Crippen molar-refractivity contribution in [3.8, 4) is 0 Å². The highest BCUT2D eigenvalue weighted by Gasteiger charge is 2.54. The molecular formula is C14H14N6O8S. The number of carboxylic acid groups (broad SMARTS) is 1. The third kappa shape index (κ3) is 3.71. The van der Waals surface area contributed by atoms with Crippen LogP contribution in [0.1, 0.15) is 12.7 Å². The maximum Gasteiger partial charge on any atom is 0.352 e. The number of hydrogen-bond acceptors (Lipinski definition) is 12. The number of aliphatic carboxylic acids is 1. The van der Waals surface area contributed by atoms with Gasteiger partial charge >= 0.3 is 18.0 Å². The number of hydrogen-bond donors (Lipinski definition) is 4. The van der Waals surface area contributed by atoms with Crippen LogP contribution < -0.4 is 11.1 Å². The van der Waals surface area contributed by atoms with Gasteiger partial charge in [-0.2, -0.15) is 4.98 Å². The van der Waals surface area contributed by atoms with Gasteiger partial charge in [-0.3, -0.25) is 19.3 Å². The molecule has 0 aromatic carbocycles. The van der Waals surface area contributed by atoms with E-state index in [0.29, 0.717) is 0 Å². The summed E-state index contributed by atoms with van der Waals surface area (Å²) in [6.07, 6.45) is 0. The molecule has 0 saturated carbocycles. The number of amides is 2. The number of oxime groups is 1. The lowest BCUT2D eigenvalue weighted by atomic mass is 10.0. The number of carboxylic acids is 1. The van der Waals surface area contributed by atoms with Crippen molar-refractivity contribution in [1.29, 1.82) is 0 Å². The fourth-order valence-electron chi connectivity index (χ4n) is 2.72. The topological polar surface area (TPSA) is 211 Å². The number of ether oxygens (including phenoxy) is 1. The van der Waals surface area contributed by atoms with Crippen molar-refractivity contribution in [1.82, 2.24) is 20.4 Å². The van der Waals surface area contributed by atoms with Crippen LogP contribution in [0.5, 0.6) is 0 Å². The monoisotopic (exact) mass is 426 g/mol. The van der Waals surface area contributed by atoms with Crippen molar-refractivity contribution in [2.45, 2.75) is 18.3 Å². The van der Waals surface area contributed by atoms with E-state index >= 15 is 0 Å². The molecule has 3 rings (SSSR count). The SMILES string of the molecule is CC(=O)OCC1=C(C(=O)O)N2C(=O)C(NC(=O)/C(=N/O)c3noc(N)n3)C2SC1. The van der Waals surface area contributed by atoms with Gasteiger partial charge in [0.05, 0.1) is 0 Å². The van der Waals surface area contributed by atoms with E-state index in [2.05, 4.69) is 25.1 Å². The van der Waals surface area contributed by atoms with Crippen LogP contribution in [0.4, 0.5) is 6.01 Å². The highest BCUT2D eigenvalue weighted by atomic mass is 32.2. The minimum absolute atomic E-state index is 0.165.